The third-order valence-electron chi connectivity index (χ3n) is 6.55. The average molecular weight is 281 g/mol. The predicted molar refractivity (Wildman–Crippen MR) is 84.2 cm³/mol. The minimum absolute atomic E-state index is 0.328. The van der Waals surface area contributed by atoms with E-state index in [1.165, 1.54) is 83.5 Å². The van der Waals surface area contributed by atoms with E-state index in [1.54, 1.807) is 0 Å². The Bertz CT molecular complexity index is 257. The van der Waals surface area contributed by atoms with Crippen molar-refractivity contribution in [3.05, 3.63) is 0 Å². The van der Waals surface area contributed by atoms with Crippen LogP contribution in [-0.4, -0.2) is 16.1 Å². The first-order valence-corrected chi connectivity index (χ1v) is 9.72. The minimum Gasteiger partial charge on any atom is -0.422 e. The Morgan fingerprint density at radius 2 is 1.16 bits per heavy atom. The molecule has 0 amide bonds. The van der Waals surface area contributed by atoms with Crippen LogP contribution in [0.15, 0.2) is 0 Å². The van der Waals surface area contributed by atoms with Crippen molar-refractivity contribution in [2.24, 2.45) is 17.8 Å². The van der Waals surface area contributed by atoms with Crippen LogP contribution in [0.2, 0.25) is 0 Å². The van der Waals surface area contributed by atoms with E-state index < -0.39 is 0 Å². The maximum absolute atomic E-state index is 6.51. The van der Waals surface area contributed by atoms with E-state index >= 15 is 0 Å². The molecule has 0 radical (unpaired) electrons. The van der Waals surface area contributed by atoms with E-state index in [0.29, 0.717) is 5.60 Å². The highest BCUT2D eigenvalue weighted by molar-refractivity contribution is 5.98. The van der Waals surface area contributed by atoms with Gasteiger partial charge in [0.05, 0.1) is 5.60 Å². The third kappa shape index (κ3) is 2.81. The SMILES string of the molecule is [SiH3]OC(CC1CCCC1)(C1CCCC1)C1CCCC1. The lowest BCUT2D eigenvalue weighted by atomic mass is 9.70. The molecule has 110 valence electrons. The van der Waals surface area contributed by atoms with Crippen molar-refractivity contribution in [2.45, 2.75) is 89.1 Å². The van der Waals surface area contributed by atoms with Crippen molar-refractivity contribution < 1.29 is 4.43 Å². The van der Waals surface area contributed by atoms with Gasteiger partial charge in [0.2, 0.25) is 0 Å². The molecule has 19 heavy (non-hydrogen) atoms. The molecular weight excluding hydrogens is 248 g/mol. The lowest BCUT2D eigenvalue weighted by Gasteiger charge is -2.45. The summed E-state index contributed by atoms with van der Waals surface area (Å²) in [6.45, 7) is 0. The van der Waals surface area contributed by atoms with Gasteiger partial charge in [-0.15, -0.1) is 0 Å². The topological polar surface area (TPSA) is 9.23 Å². The fourth-order valence-corrected chi connectivity index (χ4v) is 6.41. The molecule has 3 aliphatic carbocycles. The summed E-state index contributed by atoms with van der Waals surface area (Å²) in [5.41, 5.74) is 0.328. The summed E-state index contributed by atoms with van der Waals surface area (Å²) in [5.74, 6) is 2.82. The maximum atomic E-state index is 6.51. The lowest BCUT2D eigenvalue weighted by Crippen LogP contribution is -2.47. The molecule has 0 aromatic rings. The standard InChI is InChI=1S/C17H32OSi/c19-18-17(15-9-3-4-10-15,16-11-5-6-12-16)13-14-7-1-2-8-14/h14-16H,1-13H2,19H3. The highest BCUT2D eigenvalue weighted by Gasteiger charge is 2.47. The van der Waals surface area contributed by atoms with Gasteiger partial charge in [-0.1, -0.05) is 51.4 Å². The van der Waals surface area contributed by atoms with Gasteiger partial charge >= 0.3 is 0 Å². The summed E-state index contributed by atoms with van der Waals surface area (Å²) < 4.78 is 6.51. The summed E-state index contributed by atoms with van der Waals surface area (Å²) in [5, 5.41) is 0. The quantitative estimate of drug-likeness (QED) is 0.692. The molecule has 0 heterocycles. The largest absolute Gasteiger partial charge is 0.422 e. The molecule has 0 bridgehead atoms. The molecule has 2 heteroatoms. The van der Waals surface area contributed by atoms with Crippen LogP contribution in [0.25, 0.3) is 0 Å². The fraction of sp³-hybridized carbons (Fsp3) is 1.00. The smallest absolute Gasteiger partial charge is 0.146 e. The Kier molecular flexibility index (Phi) is 4.68. The van der Waals surface area contributed by atoms with Gasteiger partial charge in [0.15, 0.2) is 0 Å². The Morgan fingerprint density at radius 1 is 0.737 bits per heavy atom. The second-order valence-electron chi connectivity index (χ2n) is 7.48. The molecule has 3 aliphatic rings. The first-order valence-electron chi connectivity index (χ1n) is 8.90. The van der Waals surface area contributed by atoms with Crippen LogP contribution >= 0.6 is 0 Å². The molecule has 0 unspecified atom stereocenters. The van der Waals surface area contributed by atoms with Gasteiger partial charge < -0.3 is 4.43 Å². The van der Waals surface area contributed by atoms with E-state index in [-0.39, 0.29) is 0 Å². The number of rotatable bonds is 5. The summed E-state index contributed by atoms with van der Waals surface area (Å²) in [7, 11) is 0.947. The Balaban J connectivity index is 1.78. The van der Waals surface area contributed by atoms with Crippen LogP contribution in [0.3, 0.4) is 0 Å². The van der Waals surface area contributed by atoms with Crippen LogP contribution in [0.5, 0.6) is 0 Å². The molecule has 0 spiro atoms. The van der Waals surface area contributed by atoms with Crippen molar-refractivity contribution in [1.29, 1.82) is 0 Å². The molecule has 0 aromatic carbocycles. The lowest BCUT2D eigenvalue weighted by molar-refractivity contribution is -0.0553. The van der Waals surface area contributed by atoms with Crippen LogP contribution in [0.1, 0.15) is 83.5 Å². The van der Waals surface area contributed by atoms with E-state index in [0.717, 1.165) is 28.2 Å². The fourth-order valence-electron chi connectivity index (χ4n) is 5.58. The molecular formula is C17H32OSi. The van der Waals surface area contributed by atoms with Crippen LogP contribution in [-0.2, 0) is 4.43 Å². The van der Waals surface area contributed by atoms with Gasteiger partial charge in [0.25, 0.3) is 0 Å². The summed E-state index contributed by atoms with van der Waals surface area (Å²) >= 11 is 0. The second-order valence-corrected chi connectivity index (χ2v) is 7.88. The van der Waals surface area contributed by atoms with Crippen LogP contribution in [0.4, 0.5) is 0 Å². The number of hydrogen-bond donors (Lipinski definition) is 0. The van der Waals surface area contributed by atoms with Crippen molar-refractivity contribution in [2.75, 3.05) is 0 Å². The zero-order valence-electron chi connectivity index (χ0n) is 12.8. The zero-order valence-corrected chi connectivity index (χ0v) is 14.8. The highest BCUT2D eigenvalue weighted by Crippen LogP contribution is 2.51. The summed E-state index contributed by atoms with van der Waals surface area (Å²) in [6, 6.07) is 0. The van der Waals surface area contributed by atoms with E-state index in [2.05, 4.69) is 0 Å². The minimum atomic E-state index is 0.328. The van der Waals surface area contributed by atoms with Crippen LogP contribution < -0.4 is 0 Å². The summed E-state index contributed by atoms with van der Waals surface area (Å²) in [6.07, 6.45) is 19.1. The molecule has 0 aliphatic heterocycles. The molecule has 0 atom stereocenters. The van der Waals surface area contributed by atoms with Crippen molar-refractivity contribution in [1.82, 2.24) is 0 Å². The van der Waals surface area contributed by atoms with E-state index in [4.69, 9.17) is 4.43 Å². The van der Waals surface area contributed by atoms with Gasteiger partial charge in [-0.2, -0.15) is 0 Å². The van der Waals surface area contributed by atoms with Crippen molar-refractivity contribution in [3.8, 4) is 0 Å². The normalized spacial score (nSPS) is 27.8. The monoisotopic (exact) mass is 280 g/mol. The van der Waals surface area contributed by atoms with Gasteiger partial charge in [-0.25, -0.2) is 0 Å². The zero-order chi connectivity index (χ0) is 13.1. The number of hydrogen-bond acceptors (Lipinski definition) is 1. The molecule has 0 saturated heterocycles. The van der Waals surface area contributed by atoms with Gasteiger partial charge in [-0.05, 0) is 49.9 Å². The predicted octanol–water partition coefficient (Wildman–Crippen LogP) is 3.98. The van der Waals surface area contributed by atoms with Gasteiger partial charge in [0, 0.05) is 0 Å². The average Bonchev–Trinajstić information content (AvgIpc) is 3.15. The maximum Gasteiger partial charge on any atom is 0.146 e. The highest BCUT2D eigenvalue weighted by atomic mass is 28.2. The molecule has 3 rings (SSSR count). The Labute approximate surface area is 122 Å². The first-order chi connectivity index (χ1) is 9.35. The van der Waals surface area contributed by atoms with E-state index in [9.17, 15) is 0 Å². The Hall–Kier alpha value is 0.177. The first kappa shape index (κ1) is 14.1. The molecule has 3 fully saturated rings. The van der Waals surface area contributed by atoms with Gasteiger partial charge in [0.1, 0.15) is 10.5 Å². The van der Waals surface area contributed by atoms with Crippen LogP contribution in [0, 0.1) is 17.8 Å². The van der Waals surface area contributed by atoms with Crippen molar-refractivity contribution >= 4 is 10.5 Å². The van der Waals surface area contributed by atoms with Crippen molar-refractivity contribution in [3.63, 3.8) is 0 Å². The molecule has 0 N–H and O–H groups in total. The van der Waals surface area contributed by atoms with Gasteiger partial charge in [-0.3, -0.25) is 0 Å². The molecule has 1 nitrogen and oxygen atoms in total. The third-order valence-corrected chi connectivity index (χ3v) is 7.32. The summed E-state index contributed by atoms with van der Waals surface area (Å²) in [4.78, 5) is 0. The Morgan fingerprint density at radius 3 is 1.58 bits per heavy atom. The molecule has 0 aromatic heterocycles. The second kappa shape index (κ2) is 6.30. The molecule has 3 saturated carbocycles. The van der Waals surface area contributed by atoms with E-state index in [1.807, 2.05) is 0 Å².